The maximum absolute atomic E-state index is 12.3. The van der Waals surface area contributed by atoms with Crippen molar-refractivity contribution in [3.05, 3.63) is 18.3 Å². The number of aromatic nitrogens is 1. The Hall–Kier alpha value is -1.18. The SMILES string of the molecule is CNc1ccc(S(=O)(=O)NC(C)CN2CCCCC2)cn1. The van der Waals surface area contributed by atoms with Gasteiger partial charge in [0.15, 0.2) is 0 Å². The summed E-state index contributed by atoms with van der Waals surface area (Å²) in [6, 6.07) is 3.11. The summed E-state index contributed by atoms with van der Waals surface area (Å²) in [6.07, 6.45) is 5.06. The Kier molecular flexibility index (Phi) is 5.55. The molecular weight excluding hydrogens is 288 g/mol. The van der Waals surface area contributed by atoms with Gasteiger partial charge in [-0.05, 0) is 45.0 Å². The van der Waals surface area contributed by atoms with Gasteiger partial charge in [0.05, 0.1) is 0 Å². The lowest BCUT2D eigenvalue weighted by molar-refractivity contribution is 0.215. The zero-order valence-electron chi connectivity index (χ0n) is 12.7. The zero-order chi connectivity index (χ0) is 15.3. The van der Waals surface area contributed by atoms with Gasteiger partial charge in [-0.15, -0.1) is 0 Å². The van der Waals surface area contributed by atoms with Crippen LogP contribution in [0.3, 0.4) is 0 Å². The van der Waals surface area contributed by atoms with Gasteiger partial charge in [-0.2, -0.15) is 0 Å². The van der Waals surface area contributed by atoms with E-state index in [1.165, 1.54) is 25.5 Å². The van der Waals surface area contributed by atoms with Gasteiger partial charge in [0.1, 0.15) is 10.7 Å². The number of nitrogens with one attached hydrogen (secondary N) is 2. The molecule has 0 bridgehead atoms. The summed E-state index contributed by atoms with van der Waals surface area (Å²) in [4.78, 5) is 6.57. The Balaban J connectivity index is 1.95. The predicted octanol–water partition coefficient (Wildman–Crippen LogP) is 1.28. The number of piperidine rings is 1. The van der Waals surface area contributed by atoms with E-state index in [2.05, 4.69) is 19.9 Å². The van der Waals surface area contributed by atoms with Gasteiger partial charge >= 0.3 is 0 Å². The standard InChI is InChI=1S/C14H24N4O2S/c1-12(11-18-8-4-3-5-9-18)17-21(19,20)13-6-7-14(15-2)16-10-13/h6-7,10,12,17H,3-5,8-9,11H2,1-2H3,(H,15,16). The monoisotopic (exact) mass is 312 g/mol. The van der Waals surface area contributed by atoms with Crippen molar-refractivity contribution in [3.63, 3.8) is 0 Å². The van der Waals surface area contributed by atoms with Gasteiger partial charge in [0.2, 0.25) is 10.0 Å². The maximum atomic E-state index is 12.3. The molecule has 2 heterocycles. The lowest BCUT2D eigenvalue weighted by atomic mass is 10.1. The van der Waals surface area contributed by atoms with Gasteiger partial charge in [-0.1, -0.05) is 6.42 Å². The second-order valence-electron chi connectivity index (χ2n) is 5.51. The molecule has 0 aliphatic carbocycles. The van der Waals surface area contributed by atoms with Crippen molar-refractivity contribution in [1.82, 2.24) is 14.6 Å². The number of hydrogen-bond acceptors (Lipinski definition) is 5. The van der Waals surface area contributed by atoms with Gasteiger partial charge in [-0.25, -0.2) is 18.1 Å². The van der Waals surface area contributed by atoms with E-state index in [0.717, 1.165) is 19.6 Å². The van der Waals surface area contributed by atoms with Gasteiger partial charge in [0, 0.05) is 25.8 Å². The average molecular weight is 312 g/mol. The number of hydrogen-bond donors (Lipinski definition) is 2. The van der Waals surface area contributed by atoms with E-state index in [1.807, 2.05) is 6.92 Å². The fraction of sp³-hybridized carbons (Fsp3) is 0.643. The largest absolute Gasteiger partial charge is 0.373 e. The first-order valence-corrected chi connectivity index (χ1v) is 8.88. The van der Waals surface area contributed by atoms with Gasteiger partial charge < -0.3 is 10.2 Å². The predicted molar refractivity (Wildman–Crippen MR) is 83.9 cm³/mol. The Bertz CT molecular complexity index is 539. The molecule has 0 spiro atoms. The van der Waals surface area contributed by atoms with Crippen LogP contribution < -0.4 is 10.0 Å². The van der Waals surface area contributed by atoms with E-state index in [9.17, 15) is 8.42 Å². The first-order chi connectivity index (χ1) is 10.0. The van der Waals surface area contributed by atoms with Crippen LogP contribution in [0.5, 0.6) is 0 Å². The number of nitrogens with zero attached hydrogens (tertiary/aromatic N) is 2. The Morgan fingerprint density at radius 1 is 1.29 bits per heavy atom. The summed E-state index contributed by atoms with van der Waals surface area (Å²) in [7, 11) is -1.76. The molecule has 21 heavy (non-hydrogen) atoms. The molecule has 0 amide bonds. The highest BCUT2D eigenvalue weighted by Crippen LogP contribution is 2.12. The molecule has 2 rings (SSSR count). The fourth-order valence-corrected chi connectivity index (χ4v) is 3.77. The van der Waals surface area contributed by atoms with E-state index < -0.39 is 10.0 Å². The smallest absolute Gasteiger partial charge is 0.242 e. The van der Waals surface area contributed by atoms with E-state index in [1.54, 1.807) is 19.2 Å². The van der Waals surface area contributed by atoms with Crippen molar-refractivity contribution in [2.75, 3.05) is 32.0 Å². The van der Waals surface area contributed by atoms with Crippen LogP contribution in [0, 0.1) is 0 Å². The molecule has 0 aromatic carbocycles. The summed E-state index contributed by atoms with van der Waals surface area (Å²) in [5.74, 6) is 0.648. The summed E-state index contributed by atoms with van der Waals surface area (Å²) in [5, 5.41) is 2.87. The van der Waals surface area contributed by atoms with Crippen molar-refractivity contribution in [1.29, 1.82) is 0 Å². The van der Waals surface area contributed by atoms with Crippen LogP contribution in [0.1, 0.15) is 26.2 Å². The van der Waals surface area contributed by atoms with Crippen LogP contribution in [0.2, 0.25) is 0 Å². The Labute approximate surface area is 127 Å². The second kappa shape index (κ2) is 7.20. The number of likely N-dealkylation sites (tertiary alicyclic amines) is 1. The third-order valence-corrected chi connectivity index (χ3v) is 5.21. The summed E-state index contributed by atoms with van der Waals surface area (Å²) in [6.45, 7) is 4.78. The lowest BCUT2D eigenvalue weighted by Crippen LogP contribution is -2.43. The number of sulfonamides is 1. The number of pyridine rings is 1. The molecule has 1 aromatic heterocycles. The van der Waals surface area contributed by atoms with Crippen LogP contribution in [-0.2, 0) is 10.0 Å². The van der Waals surface area contributed by atoms with Gasteiger partial charge in [-0.3, -0.25) is 0 Å². The van der Waals surface area contributed by atoms with E-state index >= 15 is 0 Å². The van der Waals surface area contributed by atoms with Crippen molar-refractivity contribution >= 4 is 15.8 Å². The minimum absolute atomic E-state index is 0.114. The molecule has 6 nitrogen and oxygen atoms in total. The Morgan fingerprint density at radius 3 is 2.57 bits per heavy atom. The molecular formula is C14H24N4O2S. The normalized spacial score (nSPS) is 18.4. The van der Waals surface area contributed by atoms with Crippen molar-refractivity contribution < 1.29 is 8.42 Å². The highest BCUT2D eigenvalue weighted by atomic mass is 32.2. The third kappa shape index (κ3) is 4.66. The van der Waals surface area contributed by atoms with E-state index in [4.69, 9.17) is 0 Å². The fourth-order valence-electron chi connectivity index (χ4n) is 2.59. The highest BCUT2D eigenvalue weighted by molar-refractivity contribution is 7.89. The van der Waals surface area contributed by atoms with Crippen LogP contribution >= 0.6 is 0 Å². The van der Waals surface area contributed by atoms with Crippen LogP contribution in [0.4, 0.5) is 5.82 Å². The molecule has 0 saturated carbocycles. The molecule has 1 aliphatic heterocycles. The molecule has 1 aromatic rings. The molecule has 1 saturated heterocycles. The maximum Gasteiger partial charge on any atom is 0.242 e. The lowest BCUT2D eigenvalue weighted by Gasteiger charge is -2.29. The third-order valence-electron chi connectivity index (χ3n) is 3.64. The minimum Gasteiger partial charge on any atom is -0.373 e. The molecule has 1 aliphatic rings. The topological polar surface area (TPSA) is 74.3 Å². The minimum atomic E-state index is -3.50. The molecule has 118 valence electrons. The molecule has 1 unspecified atom stereocenters. The molecule has 7 heteroatoms. The first kappa shape index (κ1) is 16.2. The molecule has 1 fully saturated rings. The average Bonchev–Trinajstić information content (AvgIpc) is 2.47. The van der Waals surface area contributed by atoms with Crippen LogP contribution in [-0.4, -0.2) is 51.0 Å². The van der Waals surface area contributed by atoms with Crippen LogP contribution in [0.25, 0.3) is 0 Å². The Morgan fingerprint density at radius 2 is 2.00 bits per heavy atom. The summed E-state index contributed by atoms with van der Waals surface area (Å²) >= 11 is 0. The first-order valence-electron chi connectivity index (χ1n) is 7.40. The van der Waals surface area contributed by atoms with Crippen LogP contribution in [0.15, 0.2) is 23.2 Å². The molecule has 0 radical (unpaired) electrons. The van der Waals surface area contributed by atoms with E-state index in [0.29, 0.717) is 5.82 Å². The second-order valence-corrected chi connectivity index (χ2v) is 7.23. The number of rotatable bonds is 6. The van der Waals surface area contributed by atoms with Crippen molar-refractivity contribution in [2.24, 2.45) is 0 Å². The van der Waals surface area contributed by atoms with Crippen molar-refractivity contribution in [2.45, 2.75) is 37.1 Å². The quantitative estimate of drug-likeness (QED) is 0.827. The van der Waals surface area contributed by atoms with Gasteiger partial charge in [0.25, 0.3) is 0 Å². The highest BCUT2D eigenvalue weighted by Gasteiger charge is 2.20. The van der Waals surface area contributed by atoms with Crippen molar-refractivity contribution in [3.8, 4) is 0 Å². The molecule has 2 N–H and O–H groups in total. The summed E-state index contributed by atoms with van der Waals surface area (Å²) < 4.78 is 27.3. The zero-order valence-corrected chi connectivity index (χ0v) is 13.5. The molecule has 1 atom stereocenters. The number of anilines is 1. The van der Waals surface area contributed by atoms with E-state index in [-0.39, 0.29) is 10.9 Å². The summed E-state index contributed by atoms with van der Waals surface area (Å²) in [5.41, 5.74) is 0.